The van der Waals surface area contributed by atoms with Crippen molar-refractivity contribution < 1.29 is 27.5 Å². The molecule has 172 valence electrons. The molecule has 5 rings (SSSR count). The van der Waals surface area contributed by atoms with Crippen molar-refractivity contribution in [3.8, 4) is 11.5 Å². The number of hydrogen-bond donors (Lipinski definition) is 1. The Labute approximate surface area is 189 Å². The highest BCUT2D eigenvalue weighted by Gasteiger charge is 2.39. The Bertz CT molecular complexity index is 1420. The van der Waals surface area contributed by atoms with Crippen molar-refractivity contribution in [1.29, 1.82) is 0 Å². The Balaban J connectivity index is 1.34. The number of aromatic amines is 1. The molecule has 1 N–H and O–H groups in total. The van der Waals surface area contributed by atoms with Crippen LogP contribution >= 0.6 is 0 Å². The van der Waals surface area contributed by atoms with Gasteiger partial charge in [0.25, 0.3) is 5.91 Å². The van der Waals surface area contributed by atoms with Crippen LogP contribution in [0.1, 0.15) is 11.4 Å². The maximum atomic E-state index is 13.0. The van der Waals surface area contributed by atoms with E-state index in [9.17, 15) is 22.8 Å². The van der Waals surface area contributed by atoms with E-state index in [0.717, 1.165) is 27.9 Å². The number of amides is 3. The fraction of sp³-hybridized carbons (Fsp3) is 0.136. The van der Waals surface area contributed by atoms with Crippen LogP contribution in [0.25, 0.3) is 11.2 Å². The molecule has 12 heteroatoms. The van der Waals surface area contributed by atoms with Gasteiger partial charge in [-0.25, -0.2) is 19.7 Å². The van der Waals surface area contributed by atoms with Gasteiger partial charge in [0.15, 0.2) is 5.65 Å². The molecule has 34 heavy (non-hydrogen) atoms. The van der Waals surface area contributed by atoms with E-state index in [2.05, 4.69) is 19.9 Å². The van der Waals surface area contributed by atoms with Crippen molar-refractivity contribution in [3.05, 3.63) is 66.4 Å². The SMILES string of the molecule is Cc1nc2ncc(Oc3ccc(N4C(=O)CN(c5cncc(C(F)(F)F)c5)C4=O)cc3)cc2[nH]1. The number of imide groups is 1. The molecule has 1 aliphatic heterocycles. The Kier molecular flexibility index (Phi) is 4.92. The number of anilines is 2. The second-order valence-corrected chi connectivity index (χ2v) is 7.49. The summed E-state index contributed by atoms with van der Waals surface area (Å²) in [7, 11) is 0. The summed E-state index contributed by atoms with van der Waals surface area (Å²) in [6, 6.07) is 7.88. The minimum Gasteiger partial charge on any atom is -0.456 e. The average Bonchev–Trinajstić information content (AvgIpc) is 3.31. The first-order valence-electron chi connectivity index (χ1n) is 9.96. The Morgan fingerprint density at radius 1 is 1.00 bits per heavy atom. The molecule has 0 bridgehead atoms. The topological polar surface area (TPSA) is 104 Å². The number of alkyl halides is 3. The third-order valence-corrected chi connectivity index (χ3v) is 5.09. The lowest BCUT2D eigenvalue weighted by molar-refractivity contribution is -0.137. The Morgan fingerprint density at radius 2 is 1.76 bits per heavy atom. The van der Waals surface area contributed by atoms with Crippen molar-refractivity contribution in [1.82, 2.24) is 19.9 Å². The molecular formula is C22H15F3N6O3. The molecule has 0 saturated carbocycles. The van der Waals surface area contributed by atoms with E-state index in [1.165, 1.54) is 18.3 Å². The monoisotopic (exact) mass is 468 g/mol. The van der Waals surface area contributed by atoms with Gasteiger partial charge in [0.1, 0.15) is 23.9 Å². The summed E-state index contributed by atoms with van der Waals surface area (Å²) < 4.78 is 44.8. The number of ether oxygens (including phenoxy) is 1. The minimum absolute atomic E-state index is 0.118. The second kappa shape index (κ2) is 7.83. The van der Waals surface area contributed by atoms with Crippen LogP contribution in [0.3, 0.4) is 0 Å². The number of nitrogens with one attached hydrogen (secondary N) is 1. The van der Waals surface area contributed by atoms with Crippen LogP contribution in [0.4, 0.5) is 29.3 Å². The quantitative estimate of drug-likeness (QED) is 0.444. The summed E-state index contributed by atoms with van der Waals surface area (Å²) in [5.74, 6) is 1.03. The number of aromatic nitrogens is 4. The van der Waals surface area contributed by atoms with Gasteiger partial charge < -0.3 is 9.72 Å². The molecule has 3 amide bonds. The van der Waals surface area contributed by atoms with E-state index < -0.39 is 30.2 Å². The van der Waals surface area contributed by atoms with Gasteiger partial charge >= 0.3 is 12.2 Å². The van der Waals surface area contributed by atoms with Gasteiger partial charge in [-0.15, -0.1) is 0 Å². The number of carbonyl (C=O) groups excluding carboxylic acids is 2. The lowest BCUT2D eigenvalue weighted by atomic mass is 10.2. The molecule has 1 saturated heterocycles. The van der Waals surface area contributed by atoms with Crippen molar-refractivity contribution in [3.63, 3.8) is 0 Å². The molecule has 0 unspecified atom stereocenters. The molecule has 0 radical (unpaired) electrons. The number of imidazole rings is 1. The molecule has 1 aromatic carbocycles. The fourth-order valence-corrected chi connectivity index (χ4v) is 3.54. The molecule has 0 atom stereocenters. The largest absolute Gasteiger partial charge is 0.456 e. The number of benzene rings is 1. The smallest absolute Gasteiger partial charge is 0.417 e. The number of carbonyl (C=O) groups is 2. The van der Waals surface area contributed by atoms with Crippen molar-refractivity contribution in [2.45, 2.75) is 13.1 Å². The number of fused-ring (bicyclic) bond motifs is 1. The van der Waals surface area contributed by atoms with Gasteiger partial charge in [-0.3, -0.25) is 14.7 Å². The Hall–Kier alpha value is -4.48. The van der Waals surface area contributed by atoms with Gasteiger partial charge in [0, 0.05) is 12.3 Å². The van der Waals surface area contributed by atoms with Gasteiger partial charge in [-0.2, -0.15) is 13.2 Å². The van der Waals surface area contributed by atoms with E-state index in [0.29, 0.717) is 28.9 Å². The molecule has 0 spiro atoms. The lowest BCUT2D eigenvalue weighted by Gasteiger charge is -2.18. The zero-order valence-electron chi connectivity index (χ0n) is 17.5. The molecular weight excluding hydrogens is 453 g/mol. The molecule has 9 nitrogen and oxygen atoms in total. The first kappa shape index (κ1) is 21.4. The van der Waals surface area contributed by atoms with Crippen LogP contribution in [0, 0.1) is 6.92 Å². The summed E-state index contributed by atoms with van der Waals surface area (Å²) in [6.07, 6.45) is -1.34. The molecule has 4 heterocycles. The van der Waals surface area contributed by atoms with Crippen LogP contribution in [0.15, 0.2) is 55.0 Å². The standard InChI is InChI=1S/C22H15F3N6O3/c1-12-28-18-7-17(10-27-20(18)29-12)34-16-4-2-14(3-5-16)31-19(32)11-30(21(31)33)15-6-13(8-26-9-15)22(23,24)25/h2-10H,11H2,1H3,(H,27,28,29). The van der Waals surface area contributed by atoms with Gasteiger partial charge in [0.05, 0.1) is 34.8 Å². The van der Waals surface area contributed by atoms with Crippen LogP contribution in [-0.4, -0.2) is 38.4 Å². The van der Waals surface area contributed by atoms with Crippen molar-refractivity contribution in [2.24, 2.45) is 0 Å². The van der Waals surface area contributed by atoms with Gasteiger partial charge in [-0.1, -0.05) is 0 Å². The second-order valence-electron chi connectivity index (χ2n) is 7.49. The number of urea groups is 1. The zero-order valence-corrected chi connectivity index (χ0v) is 17.5. The number of pyridine rings is 2. The van der Waals surface area contributed by atoms with Gasteiger partial charge in [0.2, 0.25) is 0 Å². The molecule has 1 fully saturated rings. The third kappa shape index (κ3) is 3.89. The van der Waals surface area contributed by atoms with E-state index in [1.54, 1.807) is 18.2 Å². The molecule has 4 aromatic rings. The van der Waals surface area contributed by atoms with Crippen LogP contribution < -0.4 is 14.5 Å². The number of rotatable bonds is 4. The first-order chi connectivity index (χ1) is 16.2. The fourth-order valence-electron chi connectivity index (χ4n) is 3.54. The van der Waals surface area contributed by atoms with E-state index >= 15 is 0 Å². The maximum absolute atomic E-state index is 13.0. The lowest BCUT2D eigenvalue weighted by Crippen LogP contribution is -2.33. The molecule has 3 aromatic heterocycles. The average molecular weight is 468 g/mol. The summed E-state index contributed by atoms with van der Waals surface area (Å²) in [5.41, 5.74) is 0.397. The summed E-state index contributed by atoms with van der Waals surface area (Å²) in [5, 5.41) is 0. The van der Waals surface area contributed by atoms with Gasteiger partial charge in [-0.05, 0) is 37.3 Å². The Morgan fingerprint density at radius 3 is 2.50 bits per heavy atom. The van der Waals surface area contributed by atoms with E-state index in [4.69, 9.17) is 4.74 Å². The zero-order chi connectivity index (χ0) is 24.0. The highest BCUT2D eigenvalue weighted by atomic mass is 19.4. The highest BCUT2D eigenvalue weighted by molar-refractivity contribution is 6.26. The summed E-state index contributed by atoms with van der Waals surface area (Å²) in [6.45, 7) is 1.40. The van der Waals surface area contributed by atoms with Crippen molar-refractivity contribution in [2.75, 3.05) is 16.3 Å². The normalized spacial score (nSPS) is 14.4. The van der Waals surface area contributed by atoms with Crippen LogP contribution in [-0.2, 0) is 11.0 Å². The molecule has 1 aliphatic rings. The number of halogens is 3. The highest BCUT2D eigenvalue weighted by Crippen LogP contribution is 2.33. The number of nitrogens with zero attached hydrogens (tertiary/aromatic N) is 5. The predicted molar refractivity (Wildman–Crippen MR) is 115 cm³/mol. The van der Waals surface area contributed by atoms with E-state index in [-0.39, 0.29) is 11.4 Å². The third-order valence-electron chi connectivity index (χ3n) is 5.09. The van der Waals surface area contributed by atoms with Crippen LogP contribution in [0.5, 0.6) is 11.5 Å². The van der Waals surface area contributed by atoms with E-state index in [1.807, 2.05) is 6.92 Å². The van der Waals surface area contributed by atoms with Crippen LogP contribution in [0.2, 0.25) is 0 Å². The summed E-state index contributed by atoms with van der Waals surface area (Å²) >= 11 is 0. The number of hydrogen-bond acceptors (Lipinski definition) is 6. The first-order valence-corrected chi connectivity index (χ1v) is 9.96. The maximum Gasteiger partial charge on any atom is 0.417 e. The minimum atomic E-state index is -4.62. The summed E-state index contributed by atoms with van der Waals surface area (Å²) in [4.78, 5) is 42.3. The molecule has 0 aliphatic carbocycles. The predicted octanol–water partition coefficient (Wildman–Crippen LogP) is 4.45. The van der Waals surface area contributed by atoms with Crippen molar-refractivity contribution >= 4 is 34.5 Å². The number of aryl methyl sites for hydroxylation is 1. The number of H-pyrrole nitrogens is 1.